The van der Waals surface area contributed by atoms with E-state index in [-0.39, 0.29) is 18.3 Å². The van der Waals surface area contributed by atoms with Gasteiger partial charge in [0.2, 0.25) is 0 Å². The normalized spacial score (nSPS) is 14.9. The molecule has 0 bridgehead atoms. The van der Waals surface area contributed by atoms with E-state index in [2.05, 4.69) is 4.98 Å². The van der Waals surface area contributed by atoms with Crippen LogP contribution in [0, 0.1) is 0 Å². The number of rotatable bonds is 4. The molecule has 0 atom stereocenters. The molecule has 1 aromatic heterocycles. The molecule has 1 heterocycles. The molecule has 0 aliphatic heterocycles. The average Bonchev–Trinajstić information content (AvgIpc) is 3.05. The predicted octanol–water partition coefficient (Wildman–Crippen LogP) is 2.03. The number of ether oxygens (including phenoxy) is 1. The number of carboxylic acids is 1. The number of benzene rings is 1. The van der Waals surface area contributed by atoms with E-state index in [9.17, 15) is 4.79 Å². The van der Waals surface area contributed by atoms with Gasteiger partial charge in [-0.3, -0.25) is 0 Å². The molecule has 2 N–H and O–H groups in total. The average molecular weight is 265 g/mol. The summed E-state index contributed by atoms with van der Waals surface area (Å²) in [5.41, 5.74) is 0.826. The largest absolute Gasteiger partial charge is 0.488 e. The van der Waals surface area contributed by atoms with E-state index in [1.807, 2.05) is 0 Å². The molecule has 1 aromatic carbocycles. The van der Waals surface area contributed by atoms with Crippen LogP contribution < -0.4 is 4.74 Å². The van der Waals surface area contributed by atoms with E-state index in [1.165, 1.54) is 17.4 Å². The van der Waals surface area contributed by atoms with Gasteiger partial charge in [0.25, 0.3) is 0 Å². The predicted molar refractivity (Wildman–Crippen MR) is 66.2 cm³/mol. The van der Waals surface area contributed by atoms with Gasteiger partial charge < -0.3 is 14.9 Å². The van der Waals surface area contributed by atoms with Crippen LogP contribution >= 0.6 is 11.3 Å². The van der Waals surface area contributed by atoms with Gasteiger partial charge in [-0.1, -0.05) is 0 Å². The van der Waals surface area contributed by atoms with E-state index in [1.54, 1.807) is 6.07 Å². The third kappa shape index (κ3) is 2.04. The minimum absolute atomic E-state index is 0.148. The van der Waals surface area contributed by atoms with Crippen LogP contribution in [0.1, 0.15) is 28.2 Å². The van der Waals surface area contributed by atoms with Crippen molar-refractivity contribution in [1.82, 2.24) is 4.98 Å². The lowest BCUT2D eigenvalue weighted by molar-refractivity contribution is 0.0696. The highest BCUT2D eigenvalue weighted by molar-refractivity contribution is 7.18. The van der Waals surface area contributed by atoms with Crippen molar-refractivity contribution in [1.29, 1.82) is 0 Å². The first kappa shape index (κ1) is 11.4. The minimum atomic E-state index is -0.989. The number of aromatic carboxylic acids is 1. The van der Waals surface area contributed by atoms with E-state index < -0.39 is 5.97 Å². The molecular weight excluding hydrogens is 254 g/mol. The second-order valence-electron chi connectivity index (χ2n) is 4.21. The Kier molecular flexibility index (Phi) is 2.68. The lowest BCUT2D eigenvalue weighted by Gasteiger charge is -2.06. The van der Waals surface area contributed by atoms with Crippen LogP contribution in [0.25, 0.3) is 10.2 Å². The molecular formula is C12H11NO4S. The molecule has 0 spiro atoms. The second kappa shape index (κ2) is 4.22. The van der Waals surface area contributed by atoms with Gasteiger partial charge in [-0.25, -0.2) is 9.78 Å². The summed E-state index contributed by atoms with van der Waals surface area (Å²) in [6.07, 6.45) is 2.17. The fraction of sp³-hybridized carbons (Fsp3) is 0.333. The van der Waals surface area contributed by atoms with Crippen LogP contribution in [0.5, 0.6) is 5.75 Å². The van der Waals surface area contributed by atoms with Crippen LogP contribution in [0.3, 0.4) is 0 Å². The maximum atomic E-state index is 11.1. The summed E-state index contributed by atoms with van der Waals surface area (Å²) in [6.45, 7) is -0.148. The molecule has 0 amide bonds. The highest BCUT2D eigenvalue weighted by Crippen LogP contribution is 2.35. The number of aromatic nitrogens is 1. The summed E-state index contributed by atoms with van der Waals surface area (Å²) in [4.78, 5) is 15.3. The third-order valence-corrected chi connectivity index (χ3v) is 3.69. The molecule has 6 heteroatoms. The lowest BCUT2D eigenvalue weighted by atomic mass is 10.2. The lowest BCUT2D eigenvalue weighted by Crippen LogP contribution is -2.01. The van der Waals surface area contributed by atoms with Crippen molar-refractivity contribution in [2.24, 2.45) is 0 Å². The van der Waals surface area contributed by atoms with Gasteiger partial charge in [-0.15, -0.1) is 11.3 Å². The summed E-state index contributed by atoms with van der Waals surface area (Å²) in [7, 11) is 0. The molecule has 1 saturated carbocycles. The molecule has 94 valence electrons. The number of carboxylic acid groups (broad SMARTS) is 1. The summed E-state index contributed by atoms with van der Waals surface area (Å²) in [5.74, 6) is -0.486. The van der Waals surface area contributed by atoms with E-state index in [0.29, 0.717) is 16.3 Å². The van der Waals surface area contributed by atoms with E-state index in [4.69, 9.17) is 14.9 Å². The van der Waals surface area contributed by atoms with Gasteiger partial charge in [0.15, 0.2) is 0 Å². The topological polar surface area (TPSA) is 79.7 Å². The first-order valence-corrected chi connectivity index (χ1v) is 6.43. The van der Waals surface area contributed by atoms with E-state index >= 15 is 0 Å². The number of aliphatic hydroxyl groups excluding tert-OH is 1. The Morgan fingerprint density at radius 2 is 2.28 bits per heavy atom. The van der Waals surface area contributed by atoms with E-state index in [0.717, 1.165) is 17.5 Å². The van der Waals surface area contributed by atoms with Crippen molar-refractivity contribution < 1.29 is 19.7 Å². The summed E-state index contributed by atoms with van der Waals surface area (Å²) >= 11 is 1.29. The second-order valence-corrected chi connectivity index (χ2v) is 5.32. The Morgan fingerprint density at radius 1 is 1.50 bits per heavy atom. The molecule has 0 saturated heterocycles. The zero-order valence-corrected chi connectivity index (χ0v) is 10.2. The Labute approximate surface area is 107 Å². The van der Waals surface area contributed by atoms with Gasteiger partial charge in [0, 0.05) is 0 Å². The van der Waals surface area contributed by atoms with Gasteiger partial charge in [0.05, 0.1) is 23.0 Å². The van der Waals surface area contributed by atoms with Crippen molar-refractivity contribution in [2.75, 3.05) is 0 Å². The van der Waals surface area contributed by atoms with Crippen molar-refractivity contribution in [2.45, 2.75) is 25.6 Å². The monoisotopic (exact) mass is 265 g/mol. The van der Waals surface area contributed by atoms with Crippen molar-refractivity contribution in [3.05, 3.63) is 22.7 Å². The Bertz CT molecular complexity index is 618. The van der Waals surface area contributed by atoms with Crippen LogP contribution in [-0.4, -0.2) is 27.3 Å². The number of thiazole rings is 1. The number of hydrogen-bond donors (Lipinski definition) is 2. The molecule has 3 rings (SSSR count). The zero-order chi connectivity index (χ0) is 12.7. The van der Waals surface area contributed by atoms with Gasteiger partial charge in [-0.2, -0.15) is 0 Å². The Hall–Kier alpha value is -1.66. The highest BCUT2D eigenvalue weighted by atomic mass is 32.1. The molecule has 0 radical (unpaired) electrons. The standard InChI is InChI=1S/C12H11NO4S/c14-5-10-13-11-8(17-7-1-2-7)3-6(12(15)16)4-9(11)18-10/h3-4,7,14H,1-2,5H2,(H,15,16). The fourth-order valence-corrected chi connectivity index (χ4v) is 2.58. The smallest absolute Gasteiger partial charge is 0.335 e. The third-order valence-electron chi connectivity index (χ3n) is 2.70. The van der Waals surface area contributed by atoms with Crippen molar-refractivity contribution in [3.63, 3.8) is 0 Å². The molecule has 18 heavy (non-hydrogen) atoms. The quantitative estimate of drug-likeness (QED) is 0.884. The fourth-order valence-electron chi connectivity index (χ4n) is 1.69. The number of aliphatic hydroxyl groups is 1. The van der Waals surface area contributed by atoms with Gasteiger partial charge in [0.1, 0.15) is 16.3 Å². The maximum Gasteiger partial charge on any atom is 0.335 e. The van der Waals surface area contributed by atoms with Crippen LogP contribution in [-0.2, 0) is 6.61 Å². The first-order valence-electron chi connectivity index (χ1n) is 5.61. The molecule has 0 unspecified atom stereocenters. The van der Waals surface area contributed by atoms with Crippen LogP contribution in [0.2, 0.25) is 0 Å². The van der Waals surface area contributed by atoms with Crippen LogP contribution in [0.15, 0.2) is 12.1 Å². The minimum Gasteiger partial charge on any atom is -0.488 e. The van der Waals surface area contributed by atoms with Crippen molar-refractivity contribution in [3.8, 4) is 5.75 Å². The summed E-state index contributed by atoms with van der Waals surface area (Å²) < 4.78 is 6.42. The molecule has 1 aliphatic rings. The molecule has 5 nitrogen and oxygen atoms in total. The number of hydrogen-bond acceptors (Lipinski definition) is 5. The molecule has 1 aliphatic carbocycles. The molecule has 1 fully saturated rings. The van der Waals surface area contributed by atoms with Crippen molar-refractivity contribution >= 4 is 27.5 Å². The molecule has 2 aromatic rings. The van der Waals surface area contributed by atoms with Gasteiger partial charge >= 0.3 is 5.97 Å². The Balaban J connectivity index is 2.14. The Morgan fingerprint density at radius 3 is 2.89 bits per heavy atom. The SMILES string of the molecule is O=C(O)c1cc(OC2CC2)c2nc(CO)sc2c1. The number of fused-ring (bicyclic) bond motifs is 1. The van der Waals surface area contributed by atoms with Crippen LogP contribution in [0.4, 0.5) is 0 Å². The number of carbonyl (C=O) groups is 1. The zero-order valence-electron chi connectivity index (χ0n) is 9.42. The summed E-state index contributed by atoms with van der Waals surface area (Å²) in [6, 6.07) is 3.07. The summed E-state index contributed by atoms with van der Waals surface area (Å²) in [5, 5.41) is 18.7. The highest BCUT2D eigenvalue weighted by Gasteiger charge is 2.25. The maximum absolute atomic E-state index is 11.1. The van der Waals surface area contributed by atoms with Gasteiger partial charge in [-0.05, 0) is 25.0 Å². The number of nitrogens with zero attached hydrogens (tertiary/aromatic N) is 1. The first-order chi connectivity index (χ1) is 8.67.